The number of benzene rings is 1. The molecule has 1 heterocycles. The summed E-state index contributed by atoms with van der Waals surface area (Å²) in [5.41, 5.74) is 7.90. The molecule has 0 bridgehead atoms. The first-order valence-corrected chi connectivity index (χ1v) is 11.1. The molecule has 0 N–H and O–H groups in total. The van der Waals surface area contributed by atoms with Gasteiger partial charge in [-0.3, -0.25) is 0 Å². The molecule has 0 saturated carbocycles. The maximum atomic E-state index is 11.8. The summed E-state index contributed by atoms with van der Waals surface area (Å²) in [5.74, 6) is -0.290. The van der Waals surface area contributed by atoms with Crippen LogP contribution in [0, 0.1) is 6.92 Å². The van der Waals surface area contributed by atoms with Crippen molar-refractivity contribution in [2.45, 2.75) is 65.2 Å². The highest BCUT2D eigenvalue weighted by atomic mass is 32.1. The predicted molar refractivity (Wildman–Crippen MR) is 125 cm³/mol. The largest absolute Gasteiger partial charge is 0.465 e. The number of hydrogen-bond acceptors (Lipinski definition) is 3. The molecule has 29 heavy (non-hydrogen) atoms. The van der Waals surface area contributed by atoms with Crippen LogP contribution >= 0.6 is 11.3 Å². The van der Waals surface area contributed by atoms with Gasteiger partial charge in [0.05, 0.1) is 12.7 Å². The van der Waals surface area contributed by atoms with Crippen LogP contribution in [0.5, 0.6) is 0 Å². The van der Waals surface area contributed by atoms with Crippen LogP contribution < -0.4 is 0 Å². The Morgan fingerprint density at radius 2 is 1.69 bits per heavy atom. The van der Waals surface area contributed by atoms with Crippen molar-refractivity contribution < 1.29 is 9.53 Å². The fourth-order valence-corrected chi connectivity index (χ4v) is 5.03. The van der Waals surface area contributed by atoms with Gasteiger partial charge in [-0.05, 0) is 82.9 Å². The Bertz CT molecular complexity index is 986. The zero-order valence-corrected chi connectivity index (χ0v) is 19.5. The summed E-state index contributed by atoms with van der Waals surface area (Å²) in [4.78, 5) is 12.8. The maximum absolute atomic E-state index is 11.8. The van der Waals surface area contributed by atoms with Crippen molar-refractivity contribution in [3.8, 4) is 0 Å². The molecule has 2 aromatic rings. The molecule has 0 saturated heterocycles. The number of thiophene rings is 1. The van der Waals surface area contributed by atoms with Crippen molar-refractivity contribution in [1.29, 1.82) is 0 Å². The lowest BCUT2D eigenvalue weighted by Crippen LogP contribution is -2.34. The van der Waals surface area contributed by atoms with Gasteiger partial charge in [-0.2, -0.15) is 0 Å². The Morgan fingerprint density at radius 1 is 1.07 bits per heavy atom. The van der Waals surface area contributed by atoms with Gasteiger partial charge in [0.1, 0.15) is 0 Å². The van der Waals surface area contributed by atoms with Gasteiger partial charge in [0.25, 0.3) is 0 Å². The van der Waals surface area contributed by atoms with Gasteiger partial charge in [0.15, 0.2) is 0 Å². The van der Waals surface area contributed by atoms with E-state index in [0.717, 1.165) is 4.88 Å². The number of aryl methyl sites for hydroxylation is 1. The molecular weight excluding hydrogens is 376 g/mol. The van der Waals surface area contributed by atoms with Crippen LogP contribution in [-0.4, -0.2) is 13.1 Å². The number of esters is 1. The smallest absolute Gasteiger partial charge is 0.339 e. The molecule has 154 valence electrons. The SMILES string of the molecule is COC(=O)c1ccsc1/C=C/C=C(\C)c1cc2c(cc1C)C(C)(C)CCC2(C)C. The fourth-order valence-electron chi connectivity index (χ4n) is 4.25. The molecule has 0 spiro atoms. The van der Waals surface area contributed by atoms with E-state index in [2.05, 4.69) is 59.8 Å². The molecule has 3 heteroatoms. The molecule has 3 rings (SSSR count). The van der Waals surface area contributed by atoms with Gasteiger partial charge < -0.3 is 4.74 Å². The van der Waals surface area contributed by atoms with E-state index in [1.165, 1.54) is 47.8 Å². The topological polar surface area (TPSA) is 26.3 Å². The highest BCUT2D eigenvalue weighted by Gasteiger charge is 2.37. The molecule has 0 aliphatic heterocycles. The number of carbonyl (C=O) groups excluding carboxylic acids is 1. The van der Waals surface area contributed by atoms with Crippen LogP contribution in [0.3, 0.4) is 0 Å². The minimum Gasteiger partial charge on any atom is -0.465 e. The van der Waals surface area contributed by atoms with Crippen LogP contribution in [0.15, 0.2) is 35.7 Å². The highest BCUT2D eigenvalue weighted by Crippen LogP contribution is 2.47. The van der Waals surface area contributed by atoms with E-state index in [1.54, 1.807) is 11.3 Å². The van der Waals surface area contributed by atoms with E-state index in [9.17, 15) is 4.79 Å². The van der Waals surface area contributed by atoms with Gasteiger partial charge in [-0.25, -0.2) is 4.79 Å². The van der Waals surface area contributed by atoms with Crippen LogP contribution in [-0.2, 0) is 15.6 Å². The van der Waals surface area contributed by atoms with E-state index in [1.807, 2.05) is 23.6 Å². The monoisotopic (exact) mass is 408 g/mol. The number of rotatable bonds is 4. The lowest BCUT2D eigenvalue weighted by molar-refractivity contribution is 0.0601. The summed E-state index contributed by atoms with van der Waals surface area (Å²) >= 11 is 1.55. The Balaban J connectivity index is 1.95. The van der Waals surface area contributed by atoms with Crippen LogP contribution in [0.2, 0.25) is 0 Å². The third kappa shape index (κ3) is 4.25. The van der Waals surface area contributed by atoms with E-state index in [4.69, 9.17) is 4.74 Å². The minimum atomic E-state index is -0.290. The molecule has 1 aromatic carbocycles. The Hall–Kier alpha value is -2.13. The summed E-state index contributed by atoms with van der Waals surface area (Å²) in [5, 5.41) is 1.92. The van der Waals surface area contributed by atoms with Crippen molar-refractivity contribution >= 4 is 29.0 Å². The average molecular weight is 409 g/mol. The minimum absolute atomic E-state index is 0.204. The van der Waals surface area contributed by atoms with E-state index < -0.39 is 0 Å². The highest BCUT2D eigenvalue weighted by molar-refractivity contribution is 7.11. The molecule has 1 aliphatic rings. The second-order valence-electron chi connectivity index (χ2n) is 9.38. The van der Waals surface area contributed by atoms with Crippen LogP contribution in [0.1, 0.15) is 84.9 Å². The standard InChI is InChI=1S/C26H32O2S/c1-17(9-8-10-23-19(11-14-29-23)24(27)28-7)20-16-22-21(15-18(20)2)25(3,4)12-13-26(22,5)6/h8-11,14-16H,12-13H2,1-7H3/b10-8+,17-9+. The summed E-state index contributed by atoms with van der Waals surface area (Å²) in [6.07, 6.45) is 8.60. The van der Waals surface area contributed by atoms with Crippen molar-refractivity contribution in [3.63, 3.8) is 0 Å². The van der Waals surface area contributed by atoms with Gasteiger partial charge >= 0.3 is 5.97 Å². The number of carbonyl (C=O) groups is 1. The first-order valence-electron chi connectivity index (χ1n) is 10.2. The Kier molecular flexibility index (Phi) is 5.91. The number of hydrogen-bond donors (Lipinski definition) is 0. The predicted octanol–water partition coefficient (Wildman–Crippen LogP) is 7.31. The lowest BCUT2D eigenvalue weighted by Gasteiger charge is -2.42. The molecular formula is C26H32O2S. The molecule has 0 radical (unpaired) electrons. The summed E-state index contributed by atoms with van der Waals surface area (Å²) in [7, 11) is 1.42. The Morgan fingerprint density at radius 3 is 2.31 bits per heavy atom. The molecule has 1 aliphatic carbocycles. The van der Waals surface area contributed by atoms with E-state index >= 15 is 0 Å². The lowest BCUT2D eigenvalue weighted by atomic mass is 9.62. The number of allylic oxidation sites excluding steroid dienone is 3. The van der Waals surface area contributed by atoms with E-state index in [-0.39, 0.29) is 16.8 Å². The molecule has 0 fully saturated rings. The number of ether oxygens (including phenoxy) is 1. The van der Waals surface area contributed by atoms with Gasteiger partial charge in [0, 0.05) is 4.88 Å². The number of fused-ring (bicyclic) bond motifs is 1. The second kappa shape index (κ2) is 7.95. The molecule has 1 aromatic heterocycles. The maximum Gasteiger partial charge on any atom is 0.339 e. The molecule has 0 unspecified atom stereocenters. The summed E-state index contributed by atoms with van der Waals surface area (Å²) in [6.45, 7) is 13.8. The zero-order chi connectivity index (χ0) is 21.4. The van der Waals surface area contributed by atoms with Gasteiger partial charge in [0.2, 0.25) is 0 Å². The van der Waals surface area contributed by atoms with Gasteiger partial charge in [-0.1, -0.05) is 52.0 Å². The van der Waals surface area contributed by atoms with Crippen molar-refractivity contribution in [2.75, 3.05) is 7.11 Å². The summed E-state index contributed by atoms with van der Waals surface area (Å²) < 4.78 is 4.86. The fraction of sp³-hybridized carbons (Fsp3) is 0.423. The van der Waals surface area contributed by atoms with Gasteiger partial charge in [-0.15, -0.1) is 11.3 Å². The third-order valence-corrected chi connectivity index (χ3v) is 7.20. The Labute approximate surface area is 179 Å². The zero-order valence-electron chi connectivity index (χ0n) is 18.7. The first kappa shape index (κ1) is 21.6. The van der Waals surface area contributed by atoms with Crippen molar-refractivity contribution in [1.82, 2.24) is 0 Å². The average Bonchev–Trinajstić information content (AvgIpc) is 3.13. The normalized spacial score (nSPS) is 18.0. The third-order valence-electron chi connectivity index (χ3n) is 6.32. The quantitative estimate of drug-likeness (QED) is 0.391. The van der Waals surface area contributed by atoms with Crippen molar-refractivity contribution in [3.05, 3.63) is 68.4 Å². The van der Waals surface area contributed by atoms with Crippen molar-refractivity contribution in [2.24, 2.45) is 0 Å². The molecule has 0 atom stereocenters. The molecule has 2 nitrogen and oxygen atoms in total. The molecule has 0 amide bonds. The van der Waals surface area contributed by atoms with Crippen LogP contribution in [0.25, 0.3) is 11.6 Å². The van der Waals surface area contributed by atoms with Crippen LogP contribution in [0.4, 0.5) is 0 Å². The number of methoxy groups -OCH3 is 1. The van der Waals surface area contributed by atoms with E-state index in [0.29, 0.717) is 5.56 Å². The summed E-state index contributed by atoms with van der Waals surface area (Å²) in [6, 6.07) is 6.63. The second-order valence-corrected chi connectivity index (χ2v) is 10.3. The first-order chi connectivity index (χ1) is 13.6.